The number of carbonyl (C=O) groups excluding carboxylic acids is 1. The summed E-state index contributed by atoms with van der Waals surface area (Å²) >= 11 is 0. The Morgan fingerprint density at radius 3 is 2.76 bits per heavy atom. The van der Waals surface area contributed by atoms with Crippen LogP contribution in [-0.4, -0.2) is 45.6 Å². The highest BCUT2D eigenvalue weighted by molar-refractivity contribution is 5.94. The Labute approximate surface area is 146 Å². The highest BCUT2D eigenvalue weighted by Gasteiger charge is 2.32. The fourth-order valence-electron chi connectivity index (χ4n) is 3.59. The van der Waals surface area contributed by atoms with Crippen LogP contribution in [0.5, 0.6) is 0 Å². The van der Waals surface area contributed by atoms with Crippen LogP contribution < -0.4 is 0 Å². The van der Waals surface area contributed by atoms with Crippen LogP contribution in [0.3, 0.4) is 0 Å². The van der Waals surface area contributed by atoms with Gasteiger partial charge in [0.2, 0.25) is 0 Å². The van der Waals surface area contributed by atoms with Crippen LogP contribution in [0, 0.1) is 13.8 Å². The molecule has 1 aliphatic carbocycles. The first-order valence-electron chi connectivity index (χ1n) is 8.82. The first-order valence-corrected chi connectivity index (χ1v) is 8.82. The van der Waals surface area contributed by atoms with Gasteiger partial charge < -0.3 is 14.2 Å². The number of fused-ring (bicyclic) bond motifs is 1. The average molecular weight is 342 g/mol. The van der Waals surface area contributed by atoms with Gasteiger partial charge in [0.25, 0.3) is 5.91 Å². The molecular weight excluding hydrogens is 320 g/mol. The van der Waals surface area contributed by atoms with Gasteiger partial charge in [-0.1, -0.05) is 5.16 Å². The molecule has 1 fully saturated rings. The fraction of sp³-hybridized carbons (Fsp3) is 0.556. The molecule has 0 saturated carbocycles. The lowest BCUT2D eigenvalue weighted by molar-refractivity contribution is -0.0272. The van der Waals surface area contributed by atoms with Crippen LogP contribution in [0.4, 0.5) is 0 Å². The third-order valence-corrected chi connectivity index (χ3v) is 4.79. The molecule has 132 valence electrons. The lowest BCUT2D eigenvalue weighted by Gasteiger charge is -2.32. The van der Waals surface area contributed by atoms with E-state index in [9.17, 15) is 4.79 Å². The normalized spacial score (nSPS) is 20.4. The van der Waals surface area contributed by atoms with Crippen molar-refractivity contribution in [3.63, 3.8) is 0 Å². The molecule has 1 aliphatic heterocycles. The zero-order valence-corrected chi connectivity index (χ0v) is 14.6. The van der Waals surface area contributed by atoms with E-state index >= 15 is 0 Å². The van der Waals surface area contributed by atoms with E-state index in [1.807, 2.05) is 19.9 Å². The third-order valence-electron chi connectivity index (χ3n) is 4.79. The maximum Gasteiger partial charge on any atom is 0.276 e. The summed E-state index contributed by atoms with van der Waals surface area (Å²) in [6.45, 7) is 5.31. The van der Waals surface area contributed by atoms with Gasteiger partial charge in [0.1, 0.15) is 11.9 Å². The minimum absolute atomic E-state index is 0.0791. The van der Waals surface area contributed by atoms with Crippen molar-refractivity contribution in [1.29, 1.82) is 0 Å². The quantitative estimate of drug-likeness (QED) is 0.832. The zero-order chi connectivity index (χ0) is 17.4. The molecule has 7 nitrogen and oxygen atoms in total. The Kier molecular flexibility index (Phi) is 4.25. The second-order valence-corrected chi connectivity index (χ2v) is 6.76. The molecule has 25 heavy (non-hydrogen) atoms. The van der Waals surface area contributed by atoms with Crippen molar-refractivity contribution < 1.29 is 14.1 Å². The first kappa shape index (κ1) is 16.2. The number of morpholine rings is 1. The van der Waals surface area contributed by atoms with Gasteiger partial charge in [0.15, 0.2) is 11.5 Å². The van der Waals surface area contributed by atoms with E-state index in [4.69, 9.17) is 9.26 Å². The number of ether oxygens (including phenoxy) is 1. The minimum atomic E-state index is -0.306. The standard InChI is InChI=1S/C18H22N4O3/c1-11-9-12(2)20-17(19-11)15-10-22(7-8-24-15)18(23)16-13-5-3-4-6-14(13)25-21-16/h9,15H,3-8,10H2,1-2H3/t15-/m0/s1. The molecule has 1 atom stereocenters. The summed E-state index contributed by atoms with van der Waals surface area (Å²) in [6.07, 6.45) is 3.61. The van der Waals surface area contributed by atoms with Crippen LogP contribution in [0.15, 0.2) is 10.6 Å². The smallest absolute Gasteiger partial charge is 0.276 e. The Balaban J connectivity index is 1.55. The predicted octanol–water partition coefficient (Wildman–Crippen LogP) is 2.17. The second kappa shape index (κ2) is 6.55. The Morgan fingerprint density at radius 2 is 1.96 bits per heavy atom. The average Bonchev–Trinajstić information content (AvgIpc) is 3.04. The molecule has 1 saturated heterocycles. The lowest BCUT2D eigenvalue weighted by atomic mass is 9.96. The molecule has 0 bridgehead atoms. The summed E-state index contributed by atoms with van der Waals surface area (Å²) in [4.78, 5) is 23.7. The maximum absolute atomic E-state index is 13.0. The largest absolute Gasteiger partial charge is 0.367 e. The molecule has 3 heterocycles. The Morgan fingerprint density at radius 1 is 1.20 bits per heavy atom. The zero-order valence-electron chi connectivity index (χ0n) is 14.6. The minimum Gasteiger partial charge on any atom is -0.367 e. The molecule has 0 aromatic carbocycles. The molecule has 0 spiro atoms. The number of hydrogen-bond donors (Lipinski definition) is 0. The van der Waals surface area contributed by atoms with Gasteiger partial charge in [-0.2, -0.15) is 0 Å². The second-order valence-electron chi connectivity index (χ2n) is 6.76. The molecule has 0 N–H and O–H groups in total. The highest BCUT2D eigenvalue weighted by atomic mass is 16.5. The number of amides is 1. The van der Waals surface area contributed by atoms with Gasteiger partial charge >= 0.3 is 0 Å². The van der Waals surface area contributed by atoms with Gasteiger partial charge in [-0.3, -0.25) is 4.79 Å². The number of carbonyl (C=O) groups is 1. The third kappa shape index (κ3) is 3.16. The van der Waals surface area contributed by atoms with Crippen LogP contribution in [-0.2, 0) is 17.6 Å². The molecule has 2 aliphatic rings. The van der Waals surface area contributed by atoms with Crippen LogP contribution in [0.1, 0.15) is 58.0 Å². The van der Waals surface area contributed by atoms with Crippen LogP contribution in [0.2, 0.25) is 0 Å². The number of aryl methyl sites for hydroxylation is 3. The topological polar surface area (TPSA) is 81.4 Å². The summed E-state index contributed by atoms with van der Waals surface area (Å²) in [5.41, 5.74) is 3.26. The number of nitrogens with zero attached hydrogens (tertiary/aromatic N) is 4. The lowest BCUT2D eigenvalue weighted by Crippen LogP contribution is -2.43. The molecule has 0 radical (unpaired) electrons. The van der Waals surface area contributed by atoms with E-state index in [1.165, 1.54) is 0 Å². The van der Waals surface area contributed by atoms with Gasteiger partial charge in [0, 0.05) is 29.9 Å². The number of aromatic nitrogens is 3. The van der Waals surface area contributed by atoms with Crippen molar-refractivity contribution in [3.8, 4) is 0 Å². The molecule has 2 aromatic heterocycles. The van der Waals surface area contributed by atoms with Crippen molar-refractivity contribution in [2.75, 3.05) is 19.7 Å². The molecule has 1 amide bonds. The van der Waals surface area contributed by atoms with E-state index in [0.29, 0.717) is 31.2 Å². The van der Waals surface area contributed by atoms with Gasteiger partial charge in [-0.25, -0.2) is 9.97 Å². The van der Waals surface area contributed by atoms with Gasteiger partial charge in [-0.15, -0.1) is 0 Å². The number of hydrogen-bond acceptors (Lipinski definition) is 6. The van der Waals surface area contributed by atoms with E-state index in [0.717, 1.165) is 48.4 Å². The summed E-state index contributed by atoms with van der Waals surface area (Å²) in [6, 6.07) is 1.93. The summed E-state index contributed by atoms with van der Waals surface area (Å²) < 4.78 is 11.2. The van der Waals surface area contributed by atoms with Crippen molar-refractivity contribution in [1.82, 2.24) is 20.0 Å². The monoisotopic (exact) mass is 342 g/mol. The van der Waals surface area contributed by atoms with Crippen LogP contribution >= 0.6 is 0 Å². The Bertz CT molecular complexity index is 781. The van der Waals surface area contributed by atoms with Crippen molar-refractivity contribution in [3.05, 3.63) is 40.3 Å². The molecule has 4 rings (SSSR count). The van der Waals surface area contributed by atoms with Crippen molar-refractivity contribution in [2.45, 2.75) is 45.6 Å². The van der Waals surface area contributed by atoms with Crippen molar-refractivity contribution >= 4 is 5.91 Å². The SMILES string of the molecule is Cc1cc(C)nc([C@@H]2CN(C(=O)c3noc4c3CCCC4)CCO2)n1. The fourth-order valence-corrected chi connectivity index (χ4v) is 3.59. The first-order chi connectivity index (χ1) is 12.1. The van der Waals surface area contributed by atoms with E-state index in [-0.39, 0.29) is 12.0 Å². The van der Waals surface area contributed by atoms with Gasteiger partial charge in [-0.05, 0) is 39.2 Å². The van der Waals surface area contributed by atoms with Crippen LogP contribution in [0.25, 0.3) is 0 Å². The molecular formula is C18H22N4O3. The summed E-state index contributed by atoms with van der Waals surface area (Å²) in [5, 5.41) is 4.06. The highest BCUT2D eigenvalue weighted by Crippen LogP contribution is 2.27. The molecule has 7 heteroatoms. The van der Waals surface area contributed by atoms with E-state index in [1.54, 1.807) is 4.90 Å². The van der Waals surface area contributed by atoms with Gasteiger partial charge in [0.05, 0.1) is 13.2 Å². The predicted molar refractivity (Wildman–Crippen MR) is 89.2 cm³/mol. The number of rotatable bonds is 2. The molecule has 0 unspecified atom stereocenters. The maximum atomic E-state index is 13.0. The van der Waals surface area contributed by atoms with Crippen molar-refractivity contribution in [2.24, 2.45) is 0 Å². The van der Waals surface area contributed by atoms with E-state index < -0.39 is 0 Å². The Hall–Kier alpha value is -2.28. The summed E-state index contributed by atoms with van der Waals surface area (Å²) in [5.74, 6) is 1.43. The molecule has 2 aromatic rings. The summed E-state index contributed by atoms with van der Waals surface area (Å²) in [7, 11) is 0. The van der Waals surface area contributed by atoms with E-state index in [2.05, 4.69) is 15.1 Å².